The third-order valence-electron chi connectivity index (χ3n) is 8.09. The second-order valence-electron chi connectivity index (χ2n) is 11.7. The van der Waals surface area contributed by atoms with E-state index in [2.05, 4.69) is 19.3 Å². The van der Waals surface area contributed by atoms with Crippen LogP contribution >= 0.6 is 0 Å². The number of benzene rings is 1. The average Bonchev–Trinajstić information content (AvgIpc) is 3.44. The van der Waals surface area contributed by atoms with Crippen LogP contribution < -0.4 is 10.1 Å². The molecule has 208 valence electrons. The van der Waals surface area contributed by atoms with Crippen LogP contribution in [0.4, 0.5) is 11.6 Å². The molecular formula is C29H33N7O3S. The summed E-state index contributed by atoms with van der Waals surface area (Å²) in [4.78, 5) is 23.5. The number of nitrogens with one attached hydrogen (secondary N) is 1. The largest absolute Gasteiger partial charge is 0.477 e. The standard InChI is InChI=1S/C29H33N7O3S/c1-35-28-22(14-30-35)25-12-20(11-24(31-25)19-6-7-19)27(37)33-29-32-23-9-8-21(34-40(2,3)38)13-26(23)36(29)15-17-4-5-18(10-17)16-39-28/h8-9,11-14,17-19H,4-7,10,15-16H2,1-3H3,(H,32,33,37)/t17-,18+/m1/s1. The van der Waals surface area contributed by atoms with Crippen molar-refractivity contribution in [1.82, 2.24) is 24.3 Å². The first-order chi connectivity index (χ1) is 19.2. The van der Waals surface area contributed by atoms with Crippen molar-refractivity contribution in [3.8, 4) is 17.1 Å². The van der Waals surface area contributed by atoms with Crippen LogP contribution in [-0.2, 0) is 23.3 Å². The fraction of sp³-hybridized carbons (Fsp3) is 0.448. The monoisotopic (exact) mass is 559 g/mol. The predicted octanol–water partition coefficient (Wildman–Crippen LogP) is 5.13. The van der Waals surface area contributed by atoms with Gasteiger partial charge in [0.15, 0.2) is 0 Å². The number of pyridine rings is 1. The molecule has 40 heavy (non-hydrogen) atoms. The Morgan fingerprint density at radius 3 is 2.70 bits per heavy atom. The van der Waals surface area contributed by atoms with E-state index in [-0.39, 0.29) is 5.91 Å². The number of rotatable bonds is 2. The lowest BCUT2D eigenvalue weighted by Crippen LogP contribution is -2.18. The predicted molar refractivity (Wildman–Crippen MR) is 155 cm³/mol. The van der Waals surface area contributed by atoms with Gasteiger partial charge in [-0.1, -0.05) is 0 Å². The molecular weight excluding hydrogens is 526 g/mol. The second-order valence-corrected chi connectivity index (χ2v) is 14.3. The van der Waals surface area contributed by atoms with Gasteiger partial charge >= 0.3 is 0 Å². The number of carbonyl (C=O) groups excluding carboxylic acids is 1. The summed E-state index contributed by atoms with van der Waals surface area (Å²) in [6.07, 6.45) is 10.3. The Hall–Kier alpha value is -3.73. The summed E-state index contributed by atoms with van der Waals surface area (Å²) in [6.45, 7) is 1.32. The van der Waals surface area contributed by atoms with Crippen LogP contribution in [-0.4, -0.2) is 53.6 Å². The van der Waals surface area contributed by atoms with Crippen LogP contribution in [0, 0.1) is 11.8 Å². The molecule has 0 spiro atoms. The molecule has 2 aliphatic carbocycles. The highest BCUT2D eigenvalue weighted by Crippen LogP contribution is 2.41. The number of imidazole rings is 1. The second kappa shape index (κ2) is 9.43. The number of anilines is 1. The highest BCUT2D eigenvalue weighted by molar-refractivity contribution is 7.92. The number of aromatic nitrogens is 5. The van der Waals surface area contributed by atoms with Crippen molar-refractivity contribution >= 4 is 38.3 Å². The number of aryl methyl sites for hydroxylation is 1. The molecule has 0 radical (unpaired) electrons. The van der Waals surface area contributed by atoms with Crippen LogP contribution in [0.15, 0.2) is 40.9 Å². The van der Waals surface area contributed by atoms with Crippen LogP contribution in [0.25, 0.3) is 22.3 Å². The Kier molecular flexibility index (Phi) is 5.95. The van der Waals surface area contributed by atoms with Crippen molar-refractivity contribution in [3.05, 3.63) is 47.8 Å². The molecule has 3 aliphatic rings. The third kappa shape index (κ3) is 4.87. The van der Waals surface area contributed by atoms with Crippen molar-refractivity contribution in [2.45, 2.75) is 44.6 Å². The Morgan fingerprint density at radius 2 is 1.90 bits per heavy atom. The van der Waals surface area contributed by atoms with Gasteiger partial charge in [0.25, 0.3) is 5.91 Å². The van der Waals surface area contributed by atoms with E-state index >= 15 is 0 Å². The summed E-state index contributed by atoms with van der Waals surface area (Å²) >= 11 is 0. The fourth-order valence-corrected chi connectivity index (χ4v) is 6.63. The molecule has 0 saturated heterocycles. The Morgan fingerprint density at radius 1 is 1.07 bits per heavy atom. The van der Waals surface area contributed by atoms with Gasteiger partial charge in [0, 0.05) is 53.0 Å². The number of amides is 1. The van der Waals surface area contributed by atoms with Crippen molar-refractivity contribution in [3.63, 3.8) is 0 Å². The molecule has 0 unspecified atom stereocenters. The molecule has 1 aromatic carbocycles. The molecule has 1 aliphatic heterocycles. The topological polar surface area (TPSA) is 116 Å². The number of carbonyl (C=O) groups is 1. The van der Waals surface area contributed by atoms with Gasteiger partial charge < -0.3 is 9.30 Å². The van der Waals surface area contributed by atoms with Gasteiger partial charge in [-0.3, -0.25) is 15.1 Å². The average molecular weight is 560 g/mol. The molecule has 10 nitrogen and oxygen atoms in total. The quantitative estimate of drug-likeness (QED) is 0.364. The number of hydrogen-bond acceptors (Lipinski definition) is 7. The molecule has 4 aromatic rings. The van der Waals surface area contributed by atoms with Crippen molar-refractivity contribution in [1.29, 1.82) is 0 Å². The number of fused-ring (bicyclic) bond motifs is 9. The van der Waals surface area contributed by atoms with E-state index in [4.69, 9.17) is 14.7 Å². The van der Waals surface area contributed by atoms with Crippen LogP contribution in [0.2, 0.25) is 0 Å². The Balaban J connectivity index is 1.36. The van der Waals surface area contributed by atoms with Gasteiger partial charge in [0.2, 0.25) is 11.8 Å². The highest BCUT2D eigenvalue weighted by Gasteiger charge is 2.30. The van der Waals surface area contributed by atoms with Crippen molar-refractivity contribution < 1.29 is 13.7 Å². The lowest BCUT2D eigenvalue weighted by atomic mass is 10.1. The molecule has 11 heteroatoms. The van der Waals surface area contributed by atoms with Crippen molar-refractivity contribution in [2.24, 2.45) is 23.2 Å². The molecule has 2 atom stereocenters. The Bertz CT molecular complexity index is 1770. The van der Waals surface area contributed by atoms with Crippen LogP contribution in [0.3, 0.4) is 0 Å². The summed E-state index contributed by atoms with van der Waals surface area (Å²) in [5, 5.41) is 7.58. The normalized spacial score (nSPS) is 21.1. The van der Waals surface area contributed by atoms with Gasteiger partial charge in [-0.05, 0) is 74.3 Å². The molecule has 3 aromatic heterocycles. The van der Waals surface area contributed by atoms with Crippen LogP contribution in [0.5, 0.6) is 5.88 Å². The summed E-state index contributed by atoms with van der Waals surface area (Å²) in [7, 11) is -0.441. The van der Waals surface area contributed by atoms with E-state index in [1.807, 2.05) is 37.4 Å². The first-order valence-electron chi connectivity index (χ1n) is 13.9. The minimum Gasteiger partial charge on any atom is -0.477 e. The molecule has 4 heterocycles. The lowest BCUT2D eigenvalue weighted by molar-refractivity contribution is 0.102. The van der Waals surface area contributed by atoms with E-state index < -0.39 is 9.73 Å². The van der Waals surface area contributed by atoms with Gasteiger partial charge in [-0.25, -0.2) is 13.9 Å². The zero-order valence-corrected chi connectivity index (χ0v) is 23.8. The van der Waals surface area contributed by atoms with Gasteiger partial charge in [0.05, 0.1) is 40.8 Å². The Labute approximate surface area is 233 Å². The van der Waals surface area contributed by atoms with Gasteiger partial charge in [-0.15, -0.1) is 0 Å². The number of ether oxygens (including phenoxy) is 1. The molecule has 1 amide bonds. The number of hydrogen-bond donors (Lipinski definition) is 1. The van der Waals surface area contributed by atoms with E-state index in [0.29, 0.717) is 59.7 Å². The molecule has 1 N–H and O–H groups in total. The highest BCUT2D eigenvalue weighted by atomic mass is 32.2. The summed E-state index contributed by atoms with van der Waals surface area (Å²) in [5.74, 6) is 2.15. The smallest absolute Gasteiger partial charge is 0.258 e. The maximum Gasteiger partial charge on any atom is 0.258 e. The minimum atomic E-state index is -2.32. The molecule has 2 saturated carbocycles. The third-order valence-corrected chi connectivity index (χ3v) is 8.74. The molecule has 7 rings (SSSR count). The summed E-state index contributed by atoms with van der Waals surface area (Å²) in [6, 6.07) is 9.36. The fourth-order valence-electron chi connectivity index (χ4n) is 6.01. The zero-order chi connectivity index (χ0) is 27.6. The molecule has 2 fully saturated rings. The first-order valence-corrected chi connectivity index (χ1v) is 16.2. The zero-order valence-electron chi connectivity index (χ0n) is 23.0. The lowest BCUT2D eigenvalue weighted by Gasteiger charge is -2.16. The van der Waals surface area contributed by atoms with E-state index in [0.717, 1.165) is 54.4 Å². The van der Waals surface area contributed by atoms with Gasteiger partial charge in [0.1, 0.15) is 0 Å². The van der Waals surface area contributed by atoms with E-state index in [1.54, 1.807) is 23.4 Å². The van der Waals surface area contributed by atoms with Crippen molar-refractivity contribution in [2.75, 3.05) is 24.4 Å². The maximum absolute atomic E-state index is 13.8. The SMILES string of the molecule is Cn1ncc2c1OC[C@H]1CC[C@H](C1)Cn1c(nc3ccc(N=S(C)(C)=O)cc31)NC(=O)c1cc-2nc(C2CC2)c1. The van der Waals surface area contributed by atoms with Gasteiger partial charge in [-0.2, -0.15) is 9.46 Å². The summed E-state index contributed by atoms with van der Waals surface area (Å²) in [5.41, 5.74) is 5.23. The summed E-state index contributed by atoms with van der Waals surface area (Å²) < 4.78 is 27.0. The first kappa shape index (κ1) is 25.3. The number of nitrogens with zero attached hydrogens (tertiary/aromatic N) is 6. The van der Waals surface area contributed by atoms with Crippen LogP contribution in [0.1, 0.15) is 54.1 Å². The minimum absolute atomic E-state index is 0.234. The maximum atomic E-state index is 13.8. The van der Waals surface area contributed by atoms with E-state index in [9.17, 15) is 9.00 Å². The molecule has 4 bridgehead atoms. The van der Waals surface area contributed by atoms with E-state index in [1.165, 1.54) is 0 Å².